The summed E-state index contributed by atoms with van der Waals surface area (Å²) in [5.41, 5.74) is 2.28. The third-order valence-electron chi connectivity index (χ3n) is 6.83. The molecular weight excluding hydrogens is 530 g/mol. The zero-order valence-corrected chi connectivity index (χ0v) is 24.5. The number of hydrogen-bond donors (Lipinski definition) is 2. The molecule has 0 fully saturated rings. The summed E-state index contributed by atoms with van der Waals surface area (Å²) in [5, 5.41) is 3.86. The summed E-state index contributed by atoms with van der Waals surface area (Å²) in [5.74, 6) is -0.140. The first kappa shape index (κ1) is 29.4. The summed E-state index contributed by atoms with van der Waals surface area (Å²) in [6.07, 6.45) is 7.40. The normalized spacial score (nSPS) is 18.2. The van der Waals surface area contributed by atoms with Gasteiger partial charge in [-0.15, -0.1) is 11.6 Å². The number of carbonyl (C=O) groups excluding carboxylic acids is 2. The highest BCUT2D eigenvalue weighted by Crippen LogP contribution is 2.40. The Morgan fingerprint density at radius 1 is 1.25 bits per heavy atom. The molecule has 1 aromatic carbocycles. The molecule has 4 rings (SSSR count). The number of aromatic amines is 1. The molecule has 2 N–H and O–H groups in total. The van der Waals surface area contributed by atoms with Crippen LogP contribution in [0.3, 0.4) is 0 Å². The first-order valence-electron chi connectivity index (χ1n) is 13.2. The van der Waals surface area contributed by atoms with Gasteiger partial charge in [-0.25, -0.2) is 0 Å². The summed E-state index contributed by atoms with van der Waals surface area (Å²) in [4.78, 5) is 42.2. The van der Waals surface area contributed by atoms with Crippen LogP contribution in [0.15, 0.2) is 65.2 Å². The average Bonchev–Trinajstić information content (AvgIpc) is 3.35. The number of rotatable bonds is 9. The second kappa shape index (κ2) is 11.5. The molecule has 1 aliphatic rings. The van der Waals surface area contributed by atoms with Gasteiger partial charge in [-0.3, -0.25) is 19.0 Å². The van der Waals surface area contributed by atoms with Crippen LogP contribution in [-0.4, -0.2) is 45.4 Å². The number of fused-ring (bicyclic) bond motifs is 1. The van der Waals surface area contributed by atoms with Gasteiger partial charge < -0.3 is 19.8 Å². The molecule has 40 heavy (non-hydrogen) atoms. The van der Waals surface area contributed by atoms with E-state index >= 15 is 0 Å². The fraction of sp³-hybridized carbons (Fsp3) is 0.387. The maximum atomic E-state index is 13.7. The Bertz CT molecular complexity index is 1550. The van der Waals surface area contributed by atoms with E-state index in [4.69, 9.17) is 21.1 Å². The monoisotopic (exact) mass is 565 g/mol. The van der Waals surface area contributed by atoms with Gasteiger partial charge in [0.1, 0.15) is 11.8 Å². The Labute approximate surface area is 239 Å². The molecule has 2 heterocycles. The van der Waals surface area contributed by atoms with Crippen molar-refractivity contribution in [3.63, 3.8) is 0 Å². The highest BCUT2D eigenvalue weighted by Gasteiger charge is 2.30. The number of hydrogen-bond acceptors (Lipinski definition) is 5. The minimum absolute atomic E-state index is 0.139. The number of pyridine rings is 1. The molecule has 0 aliphatic heterocycles. The van der Waals surface area contributed by atoms with Crippen LogP contribution in [0.1, 0.15) is 59.1 Å². The molecular formula is C31H36ClN3O5. The number of amides is 1. The number of ketones is 1. The van der Waals surface area contributed by atoms with Crippen LogP contribution in [0.25, 0.3) is 16.5 Å². The maximum Gasteiger partial charge on any atom is 0.252 e. The van der Waals surface area contributed by atoms with Crippen molar-refractivity contribution in [2.24, 2.45) is 0 Å². The van der Waals surface area contributed by atoms with Crippen LogP contribution in [0.4, 0.5) is 5.69 Å². The number of nitrogens with zero attached hydrogens (tertiary/aromatic N) is 1. The zero-order valence-electron chi connectivity index (χ0n) is 23.8. The number of aromatic nitrogens is 2. The number of H-pyrrole nitrogens is 1. The maximum absolute atomic E-state index is 13.7. The number of methoxy groups -OCH3 is 1. The second-order valence-electron chi connectivity index (χ2n) is 11.2. The zero-order chi connectivity index (χ0) is 29.2. The molecule has 0 spiro atoms. The van der Waals surface area contributed by atoms with E-state index in [1.54, 1.807) is 18.3 Å². The largest absolute Gasteiger partial charge is 0.495 e. The van der Waals surface area contributed by atoms with E-state index in [1.807, 2.05) is 52.0 Å². The first-order valence-corrected chi connectivity index (χ1v) is 13.6. The molecule has 212 valence electrons. The van der Waals surface area contributed by atoms with E-state index in [-0.39, 0.29) is 24.7 Å². The molecule has 1 aliphatic carbocycles. The van der Waals surface area contributed by atoms with E-state index < -0.39 is 22.1 Å². The fourth-order valence-electron chi connectivity index (χ4n) is 4.88. The summed E-state index contributed by atoms with van der Waals surface area (Å²) >= 11 is 6.62. The van der Waals surface area contributed by atoms with Gasteiger partial charge in [-0.1, -0.05) is 18.2 Å². The molecule has 2 unspecified atom stereocenters. The minimum atomic E-state index is -0.891. The van der Waals surface area contributed by atoms with Gasteiger partial charge in [-0.05, 0) is 64.8 Å². The standard InChI is InChI=1S/C31H36ClN3O5/c1-19(36)20-10-13-31(5,32)17-23(20)22-16-28(37)35(18-27(22)39-6)26(12-15-40-30(2,3)4)29(38)34-25-9-7-8-24-21(25)11-14-33-24/h7-11,13-14,16,18,26,33H,12,15,17H2,1-6H3,(H,34,38). The Morgan fingerprint density at radius 3 is 2.67 bits per heavy atom. The van der Waals surface area contributed by atoms with Crippen LogP contribution in [0.2, 0.25) is 0 Å². The summed E-state index contributed by atoms with van der Waals surface area (Å²) < 4.78 is 13.0. The Hall–Kier alpha value is -3.62. The van der Waals surface area contributed by atoms with E-state index in [1.165, 1.54) is 30.9 Å². The fourth-order valence-corrected chi connectivity index (χ4v) is 5.08. The van der Waals surface area contributed by atoms with Crippen molar-refractivity contribution in [1.82, 2.24) is 9.55 Å². The number of benzene rings is 1. The van der Waals surface area contributed by atoms with E-state index in [0.717, 1.165) is 10.9 Å². The van der Waals surface area contributed by atoms with Crippen molar-refractivity contribution in [1.29, 1.82) is 0 Å². The minimum Gasteiger partial charge on any atom is -0.495 e. The van der Waals surface area contributed by atoms with Crippen molar-refractivity contribution < 1.29 is 19.1 Å². The van der Waals surface area contributed by atoms with E-state index in [9.17, 15) is 14.4 Å². The Kier molecular flexibility index (Phi) is 8.42. The quantitative estimate of drug-likeness (QED) is 0.309. The number of nitrogens with one attached hydrogen (secondary N) is 2. The van der Waals surface area contributed by atoms with Crippen molar-refractivity contribution in [3.05, 3.63) is 76.4 Å². The third kappa shape index (κ3) is 6.57. The molecule has 0 saturated heterocycles. The highest BCUT2D eigenvalue weighted by atomic mass is 35.5. The third-order valence-corrected chi connectivity index (χ3v) is 7.09. The second-order valence-corrected chi connectivity index (χ2v) is 12.1. The molecule has 9 heteroatoms. The number of alkyl halides is 1. The van der Waals surface area contributed by atoms with Crippen LogP contribution < -0.4 is 15.6 Å². The van der Waals surface area contributed by atoms with Crippen molar-refractivity contribution in [2.75, 3.05) is 19.0 Å². The van der Waals surface area contributed by atoms with Gasteiger partial charge in [0.2, 0.25) is 5.91 Å². The lowest BCUT2D eigenvalue weighted by molar-refractivity contribution is -0.120. The molecule has 0 radical (unpaired) electrons. The van der Waals surface area contributed by atoms with Crippen molar-refractivity contribution in [2.45, 2.75) is 64.0 Å². The predicted octanol–water partition coefficient (Wildman–Crippen LogP) is 6.02. The summed E-state index contributed by atoms with van der Waals surface area (Å²) in [6, 6.07) is 8.00. The SMILES string of the molecule is COc1cn(C(CCOC(C)(C)C)C(=O)Nc2cccc3[nH]ccc23)c(=O)cc1C1=C(C(C)=O)C=CC(C)(Cl)C1. The lowest BCUT2D eigenvalue weighted by Crippen LogP contribution is -2.35. The number of ether oxygens (including phenoxy) is 2. The Balaban J connectivity index is 1.77. The van der Waals surface area contributed by atoms with Crippen LogP contribution in [-0.2, 0) is 14.3 Å². The van der Waals surface area contributed by atoms with Gasteiger partial charge in [0.15, 0.2) is 5.78 Å². The average molecular weight is 566 g/mol. The molecule has 1 amide bonds. The van der Waals surface area contributed by atoms with Crippen molar-refractivity contribution in [3.8, 4) is 5.75 Å². The molecule has 0 saturated carbocycles. The smallest absolute Gasteiger partial charge is 0.252 e. The van der Waals surface area contributed by atoms with Crippen LogP contribution >= 0.6 is 11.6 Å². The molecule has 0 bridgehead atoms. The van der Waals surface area contributed by atoms with Crippen molar-refractivity contribution >= 4 is 45.5 Å². The topological polar surface area (TPSA) is 102 Å². The van der Waals surface area contributed by atoms with Gasteiger partial charge in [-0.2, -0.15) is 0 Å². The number of halogens is 1. The van der Waals surface area contributed by atoms with Gasteiger partial charge >= 0.3 is 0 Å². The van der Waals surface area contributed by atoms with Crippen LogP contribution in [0.5, 0.6) is 5.75 Å². The summed E-state index contributed by atoms with van der Waals surface area (Å²) in [6.45, 7) is 9.37. The predicted molar refractivity (Wildman–Crippen MR) is 159 cm³/mol. The molecule has 2 aromatic heterocycles. The van der Waals surface area contributed by atoms with Gasteiger partial charge in [0.25, 0.3) is 5.56 Å². The number of allylic oxidation sites excluding steroid dienone is 4. The van der Waals surface area contributed by atoms with Gasteiger partial charge in [0.05, 0.1) is 29.5 Å². The van der Waals surface area contributed by atoms with Gasteiger partial charge in [0, 0.05) is 47.3 Å². The first-order chi connectivity index (χ1) is 18.8. The molecule has 3 aromatic rings. The number of anilines is 1. The highest BCUT2D eigenvalue weighted by molar-refractivity contribution is 6.26. The van der Waals surface area contributed by atoms with E-state index in [2.05, 4.69) is 10.3 Å². The number of carbonyl (C=O) groups is 2. The molecule has 8 nitrogen and oxygen atoms in total. The summed E-state index contributed by atoms with van der Waals surface area (Å²) in [7, 11) is 1.49. The Morgan fingerprint density at radius 2 is 2.00 bits per heavy atom. The van der Waals surface area contributed by atoms with E-state index in [0.29, 0.717) is 34.6 Å². The van der Waals surface area contributed by atoms with Crippen LogP contribution in [0, 0.1) is 0 Å². The number of Topliss-reactive ketones (excluding diaryl/α,β-unsaturated/α-hetero) is 1. The molecule has 2 atom stereocenters. The lowest BCUT2D eigenvalue weighted by Gasteiger charge is -2.28. The lowest BCUT2D eigenvalue weighted by atomic mass is 9.84.